The van der Waals surface area contributed by atoms with Gasteiger partial charge in [-0.15, -0.1) is 0 Å². The Morgan fingerprint density at radius 1 is 1.28 bits per heavy atom. The number of esters is 1. The summed E-state index contributed by atoms with van der Waals surface area (Å²) in [4.78, 5) is 32.4. The molecule has 1 aliphatic rings. The number of fused-ring (bicyclic) bond motifs is 1. The number of ether oxygens (including phenoxy) is 1. The predicted molar refractivity (Wildman–Crippen MR) is 90.0 cm³/mol. The van der Waals surface area contributed by atoms with E-state index in [1.165, 1.54) is 17.0 Å². The summed E-state index contributed by atoms with van der Waals surface area (Å²) < 4.78 is 6.68. The number of hydrogen-bond donors (Lipinski definition) is 1. The lowest BCUT2D eigenvalue weighted by Crippen LogP contribution is -2.39. The van der Waals surface area contributed by atoms with Gasteiger partial charge in [0.15, 0.2) is 6.61 Å². The van der Waals surface area contributed by atoms with Crippen LogP contribution in [0, 0.1) is 5.92 Å². The van der Waals surface area contributed by atoms with Gasteiger partial charge in [0.05, 0.1) is 11.3 Å². The number of aromatic nitrogens is 4. The van der Waals surface area contributed by atoms with Crippen LogP contribution in [0.5, 0.6) is 0 Å². The summed E-state index contributed by atoms with van der Waals surface area (Å²) in [6, 6.07) is 0.182. The number of aryl methyl sites for hydroxylation is 1. The van der Waals surface area contributed by atoms with Crippen molar-refractivity contribution in [3.63, 3.8) is 0 Å². The van der Waals surface area contributed by atoms with E-state index in [-0.39, 0.29) is 18.6 Å². The monoisotopic (exact) mass is 345 g/mol. The summed E-state index contributed by atoms with van der Waals surface area (Å²) in [5.74, 6) is 0.310. The van der Waals surface area contributed by atoms with Crippen molar-refractivity contribution in [2.45, 2.75) is 52.0 Å². The van der Waals surface area contributed by atoms with Crippen LogP contribution in [0.4, 0.5) is 0 Å². The molecule has 8 heteroatoms. The first-order valence-electron chi connectivity index (χ1n) is 8.72. The first-order chi connectivity index (χ1) is 12.1. The van der Waals surface area contributed by atoms with E-state index in [2.05, 4.69) is 27.3 Å². The molecule has 0 atom stereocenters. The zero-order chi connectivity index (χ0) is 17.8. The second-order valence-electron chi connectivity index (χ2n) is 6.54. The minimum Gasteiger partial charge on any atom is -0.452 e. The van der Waals surface area contributed by atoms with Gasteiger partial charge in [-0.1, -0.05) is 13.8 Å². The number of carbonyl (C=O) groups excluding carboxylic acids is 2. The number of hydrogen-bond acceptors (Lipinski definition) is 6. The summed E-state index contributed by atoms with van der Waals surface area (Å²) >= 11 is 0. The van der Waals surface area contributed by atoms with Crippen LogP contribution in [0.3, 0.4) is 0 Å². The molecule has 0 aromatic carbocycles. The van der Waals surface area contributed by atoms with Crippen molar-refractivity contribution in [1.29, 1.82) is 0 Å². The third-order valence-corrected chi connectivity index (χ3v) is 4.68. The van der Waals surface area contributed by atoms with E-state index in [4.69, 9.17) is 4.74 Å². The molecule has 1 fully saturated rings. The largest absolute Gasteiger partial charge is 0.452 e. The third kappa shape index (κ3) is 3.94. The Balaban J connectivity index is 1.58. The average molecular weight is 345 g/mol. The zero-order valence-electron chi connectivity index (χ0n) is 14.6. The van der Waals surface area contributed by atoms with E-state index in [1.807, 2.05) is 6.92 Å². The van der Waals surface area contributed by atoms with Crippen LogP contribution in [0.1, 0.15) is 55.6 Å². The van der Waals surface area contributed by atoms with E-state index in [0.29, 0.717) is 23.5 Å². The highest BCUT2D eigenvalue weighted by molar-refractivity contribution is 5.92. The van der Waals surface area contributed by atoms with E-state index < -0.39 is 5.97 Å². The van der Waals surface area contributed by atoms with Gasteiger partial charge in [0, 0.05) is 12.2 Å². The molecular weight excluding hydrogens is 322 g/mol. The molecule has 0 spiro atoms. The van der Waals surface area contributed by atoms with Crippen LogP contribution in [0.25, 0.3) is 5.78 Å². The molecule has 2 heterocycles. The Hall–Kier alpha value is -2.51. The molecular formula is C17H23N5O3. The minimum absolute atomic E-state index is 0.182. The highest BCUT2D eigenvalue weighted by Crippen LogP contribution is 2.23. The lowest BCUT2D eigenvalue weighted by molar-refractivity contribution is -0.125. The normalized spacial score (nSPS) is 20.4. The van der Waals surface area contributed by atoms with Gasteiger partial charge >= 0.3 is 5.97 Å². The van der Waals surface area contributed by atoms with Gasteiger partial charge in [-0.25, -0.2) is 14.3 Å². The molecule has 8 nitrogen and oxygen atoms in total. The number of nitrogens with one attached hydrogen (secondary N) is 1. The molecule has 2 aromatic heterocycles. The van der Waals surface area contributed by atoms with Gasteiger partial charge in [0.1, 0.15) is 6.33 Å². The molecule has 25 heavy (non-hydrogen) atoms. The van der Waals surface area contributed by atoms with Gasteiger partial charge in [0.25, 0.3) is 11.7 Å². The molecule has 1 N–H and O–H groups in total. The molecule has 0 bridgehead atoms. The Labute approximate surface area is 146 Å². The summed E-state index contributed by atoms with van der Waals surface area (Å²) in [6.07, 6.45) is 7.57. The third-order valence-electron chi connectivity index (χ3n) is 4.68. The van der Waals surface area contributed by atoms with Crippen molar-refractivity contribution in [3.8, 4) is 0 Å². The maximum atomic E-state index is 12.3. The molecule has 0 unspecified atom stereocenters. The lowest BCUT2D eigenvalue weighted by Gasteiger charge is -2.26. The number of amides is 1. The summed E-state index contributed by atoms with van der Waals surface area (Å²) in [7, 11) is 0. The second-order valence-corrected chi connectivity index (χ2v) is 6.54. The van der Waals surface area contributed by atoms with Crippen LogP contribution >= 0.6 is 0 Å². The van der Waals surface area contributed by atoms with Crippen LogP contribution in [0.2, 0.25) is 0 Å². The first kappa shape index (κ1) is 17.3. The molecule has 0 saturated heterocycles. The molecule has 134 valence electrons. The van der Waals surface area contributed by atoms with Crippen molar-refractivity contribution in [1.82, 2.24) is 24.9 Å². The Kier molecular flexibility index (Phi) is 5.25. The van der Waals surface area contributed by atoms with Crippen molar-refractivity contribution in [3.05, 3.63) is 23.8 Å². The fraction of sp³-hybridized carbons (Fsp3) is 0.588. The molecule has 1 amide bonds. The maximum Gasteiger partial charge on any atom is 0.342 e. The van der Waals surface area contributed by atoms with E-state index in [0.717, 1.165) is 31.6 Å². The van der Waals surface area contributed by atoms with Crippen LogP contribution in [-0.2, 0) is 16.0 Å². The molecule has 0 aliphatic heterocycles. The average Bonchev–Trinajstić information content (AvgIpc) is 3.09. The van der Waals surface area contributed by atoms with E-state index in [9.17, 15) is 9.59 Å². The Morgan fingerprint density at radius 2 is 2.04 bits per heavy atom. The smallest absolute Gasteiger partial charge is 0.342 e. The maximum absolute atomic E-state index is 12.3. The minimum atomic E-state index is -0.575. The summed E-state index contributed by atoms with van der Waals surface area (Å²) in [5, 5.41) is 7.01. The number of rotatable bonds is 5. The second kappa shape index (κ2) is 7.58. The fourth-order valence-corrected chi connectivity index (χ4v) is 3.22. The Morgan fingerprint density at radius 3 is 2.76 bits per heavy atom. The van der Waals surface area contributed by atoms with Crippen molar-refractivity contribution >= 4 is 17.7 Å². The molecule has 2 aromatic rings. The summed E-state index contributed by atoms with van der Waals surface area (Å²) in [6.45, 7) is 3.85. The highest BCUT2D eigenvalue weighted by Gasteiger charge is 2.21. The van der Waals surface area contributed by atoms with Gasteiger partial charge in [-0.05, 0) is 38.0 Å². The molecule has 3 rings (SSSR count). The van der Waals surface area contributed by atoms with Crippen LogP contribution < -0.4 is 5.32 Å². The fourth-order valence-electron chi connectivity index (χ4n) is 3.22. The first-order valence-corrected chi connectivity index (χ1v) is 8.72. The lowest BCUT2D eigenvalue weighted by atomic mass is 9.87. The van der Waals surface area contributed by atoms with Crippen molar-refractivity contribution in [2.75, 3.05) is 6.61 Å². The molecule has 1 aliphatic carbocycles. The standard InChI is InChI=1S/C17H23N5O3/c1-3-14-13(8-18-17-19-10-20-22(14)17)16(24)25-9-15(23)21-12-6-4-11(2)5-7-12/h8,10-12H,3-7,9H2,1-2H3,(H,21,23). The van der Waals surface area contributed by atoms with Gasteiger partial charge in [0.2, 0.25) is 0 Å². The SMILES string of the molecule is CCc1c(C(=O)OCC(=O)NC2CCC(C)CC2)cnc2ncnn12. The highest BCUT2D eigenvalue weighted by atomic mass is 16.5. The van der Waals surface area contributed by atoms with Gasteiger partial charge in [-0.2, -0.15) is 10.1 Å². The van der Waals surface area contributed by atoms with Crippen LogP contribution in [0.15, 0.2) is 12.5 Å². The quantitative estimate of drug-likeness (QED) is 0.825. The van der Waals surface area contributed by atoms with Crippen LogP contribution in [-0.4, -0.2) is 44.1 Å². The topological polar surface area (TPSA) is 98.5 Å². The van der Waals surface area contributed by atoms with Crippen molar-refractivity contribution < 1.29 is 14.3 Å². The predicted octanol–water partition coefficient (Wildman–Crippen LogP) is 1.54. The van der Waals surface area contributed by atoms with Gasteiger partial charge in [-0.3, -0.25) is 4.79 Å². The Bertz CT molecular complexity index is 765. The number of nitrogens with zero attached hydrogens (tertiary/aromatic N) is 4. The van der Waals surface area contributed by atoms with Gasteiger partial charge < -0.3 is 10.1 Å². The van der Waals surface area contributed by atoms with E-state index >= 15 is 0 Å². The van der Waals surface area contributed by atoms with Crippen molar-refractivity contribution in [2.24, 2.45) is 5.92 Å². The zero-order valence-corrected chi connectivity index (χ0v) is 14.6. The molecule has 1 saturated carbocycles. The summed E-state index contributed by atoms with van der Waals surface area (Å²) in [5.41, 5.74) is 0.967. The van der Waals surface area contributed by atoms with E-state index in [1.54, 1.807) is 0 Å². The molecule has 0 radical (unpaired) electrons. The number of carbonyl (C=O) groups is 2.